The Balaban J connectivity index is 1.65. The van der Waals surface area contributed by atoms with E-state index in [-0.39, 0.29) is 17.9 Å². The zero-order chi connectivity index (χ0) is 15.7. The van der Waals surface area contributed by atoms with E-state index >= 15 is 0 Å². The Morgan fingerprint density at radius 1 is 1.32 bits per heavy atom. The predicted molar refractivity (Wildman–Crippen MR) is 91.0 cm³/mol. The van der Waals surface area contributed by atoms with Crippen LogP contribution >= 0.6 is 11.3 Å². The molecule has 1 unspecified atom stereocenters. The maximum Gasteiger partial charge on any atom is 0.239 e. The van der Waals surface area contributed by atoms with Crippen LogP contribution in [-0.2, 0) is 4.79 Å². The number of nitrogens with zero attached hydrogens (tertiary/aromatic N) is 2. The Morgan fingerprint density at radius 2 is 2.00 bits per heavy atom. The molecule has 1 atom stereocenters. The number of aromatic nitrogens is 1. The van der Waals surface area contributed by atoms with Crippen molar-refractivity contribution in [3.63, 3.8) is 0 Å². The van der Waals surface area contributed by atoms with E-state index in [4.69, 9.17) is 10.7 Å². The molecule has 3 rings (SSSR count). The van der Waals surface area contributed by atoms with Crippen LogP contribution in [0.2, 0.25) is 0 Å². The van der Waals surface area contributed by atoms with Crippen molar-refractivity contribution in [2.24, 2.45) is 11.7 Å². The van der Waals surface area contributed by atoms with Gasteiger partial charge in [0.15, 0.2) is 0 Å². The second-order valence-corrected chi connectivity index (χ2v) is 7.45. The highest BCUT2D eigenvalue weighted by Crippen LogP contribution is 2.33. The number of fused-ring (bicyclic) bond motifs is 1. The number of piperidine rings is 1. The van der Waals surface area contributed by atoms with Crippen LogP contribution in [0.3, 0.4) is 0 Å². The zero-order valence-electron chi connectivity index (χ0n) is 13.2. The largest absolute Gasteiger partial charge is 0.341 e. The maximum absolute atomic E-state index is 12.3. The monoisotopic (exact) mass is 317 g/mol. The summed E-state index contributed by atoms with van der Waals surface area (Å²) in [5.41, 5.74) is 7.07. The van der Waals surface area contributed by atoms with Gasteiger partial charge in [0.25, 0.3) is 0 Å². The highest BCUT2D eigenvalue weighted by atomic mass is 32.1. The number of thiazole rings is 1. The second-order valence-electron chi connectivity index (χ2n) is 6.39. The molecule has 0 spiro atoms. The average Bonchev–Trinajstić information content (AvgIpc) is 2.97. The summed E-state index contributed by atoms with van der Waals surface area (Å²) in [6.07, 6.45) is 1.97. The topological polar surface area (TPSA) is 59.2 Å². The number of benzene rings is 1. The second kappa shape index (κ2) is 6.34. The summed E-state index contributed by atoms with van der Waals surface area (Å²) in [4.78, 5) is 19.0. The molecular weight excluding hydrogens is 294 g/mol. The number of hydrogen-bond acceptors (Lipinski definition) is 4. The van der Waals surface area contributed by atoms with Crippen LogP contribution in [0.5, 0.6) is 0 Å². The molecule has 1 aromatic heterocycles. The highest BCUT2D eigenvalue weighted by molar-refractivity contribution is 7.18. The van der Waals surface area contributed by atoms with Gasteiger partial charge in [0.1, 0.15) is 0 Å². The SMILES string of the molecule is CC(C)C(N)C(=O)N1CCC(c2nc3ccccc3s2)CC1. The summed E-state index contributed by atoms with van der Waals surface area (Å²) < 4.78 is 1.25. The van der Waals surface area contributed by atoms with Crippen LogP contribution < -0.4 is 5.73 Å². The molecule has 118 valence electrons. The summed E-state index contributed by atoms with van der Waals surface area (Å²) in [6.45, 7) is 5.58. The summed E-state index contributed by atoms with van der Waals surface area (Å²) in [7, 11) is 0. The first-order chi connectivity index (χ1) is 10.6. The minimum absolute atomic E-state index is 0.0951. The standard InChI is InChI=1S/C17H23N3OS/c1-11(2)15(18)17(21)20-9-7-12(8-10-20)16-19-13-5-3-4-6-14(13)22-16/h3-6,11-12,15H,7-10,18H2,1-2H3. The first kappa shape index (κ1) is 15.4. The minimum atomic E-state index is -0.376. The molecule has 5 heteroatoms. The van der Waals surface area contributed by atoms with Gasteiger partial charge in [-0.3, -0.25) is 4.79 Å². The number of para-hydroxylation sites is 1. The van der Waals surface area contributed by atoms with E-state index in [9.17, 15) is 4.79 Å². The zero-order valence-corrected chi connectivity index (χ0v) is 14.0. The van der Waals surface area contributed by atoms with E-state index in [0.29, 0.717) is 5.92 Å². The van der Waals surface area contributed by atoms with E-state index < -0.39 is 0 Å². The van der Waals surface area contributed by atoms with E-state index in [2.05, 4.69) is 18.2 Å². The Labute approximate surface area is 135 Å². The summed E-state index contributed by atoms with van der Waals surface area (Å²) >= 11 is 1.79. The molecule has 0 saturated carbocycles. The van der Waals surface area contributed by atoms with Crippen LogP contribution in [0.25, 0.3) is 10.2 Å². The number of rotatable bonds is 3. The van der Waals surface area contributed by atoms with Gasteiger partial charge in [0.2, 0.25) is 5.91 Å². The van der Waals surface area contributed by atoms with Gasteiger partial charge >= 0.3 is 0 Å². The molecule has 1 aliphatic rings. The van der Waals surface area contributed by atoms with Gasteiger partial charge in [-0.2, -0.15) is 0 Å². The highest BCUT2D eigenvalue weighted by Gasteiger charge is 2.29. The summed E-state index contributed by atoms with van der Waals surface area (Å²) in [6, 6.07) is 7.89. The molecular formula is C17H23N3OS. The lowest BCUT2D eigenvalue weighted by atomic mass is 9.96. The first-order valence-electron chi connectivity index (χ1n) is 7.96. The lowest BCUT2D eigenvalue weighted by Gasteiger charge is -2.33. The average molecular weight is 317 g/mol. The predicted octanol–water partition coefficient (Wildman–Crippen LogP) is 2.99. The molecule has 1 amide bonds. The van der Waals surface area contributed by atoms with Crippen LogP contribution in [0, 0.1) is 5.92 Å². The molecule has 2 N–H and O–H groups in total. The van der Waals surface area contributed by atoms with Crippen molar-refractivity contribution in [3.05, 3.63) is 29.3 Å². The number of carbonyl (C=O) groups is 1. The third-order valence-corrected chi connectivity index (χ3v) is 5.67. The van der Waals surface area contributed by atoms with Gasteiger partial charge in [-0.05, 0) is 30.9 Å². The minimum Gasteiger partial charge on any atom is -0.341 e. The van der Waals surface area contributed by atoms with Crippen LogP contribution in [-0.4, -0.2) is 34.9 Å². The number of likely N-dealkylation sites (tertiary alicyclic amines) is 1. The molecule has 0 bridgehead atoms. The molecule has 0 radical (unpaired) electrons. The molecule has 1 saturated heterocycles. The fourth-order valence-electron chi connectivity index (χ4n) is 2.91. The maximum atomic E-state index is 12.3. The molecule has 1 aromatic carbocycles. The molecule has 0 aliphatic carbocycles. The van der Waals surface area contributed by atoms with Gasteiger partial charge in [0.05, 0.1) is 21.3 Å². The molecule has 1 aliphatic heterocycles. The van der Waals surface area contributed by atoms with Crippen LogP contribution in [0.4, 0.5) is 0 Å². The van der Waals surface area contributed by atoms with Gasteiger partial charge in [-0.25, -0.2) is 4.98 Å². The molecule has 4 nitrogen and oxygen atoms in total. The van der Waals surface area contributed by atoms with Crippen molar-refractivity contribution in [1.29, 1.82) is 0 Å². The Morgan fingerprint density at radius 3 is 2.64 bits per heavy atom. The third-order valence-electron chi connectivity index (χ3n) is 4.47. The van der Waals surface area contributed by atoms with Gasteiger partial charge in [0, 0.05) is 19.0 Å². The van der Waals surface area contributed by atoms with Crippen molar-refractivity contribution >= 4 is 27.5 Å². The fraction of sp³-hybridized carbons (Fsp3) is 0.529. The van der Waals surface area contributed by atoms with Gasteiger partial charge in [-0.15, -0.1) is 11.3 Å². The summed E-state index contributed by atoms with van der Waals surface area (Å²) in [5.74, 6) is 0.754. The van der Waals surface area contributed by atoms with Crippen molar-refractivity contribution in [2.45, 2.75) is 38.6 Å². The normalized spacial score (nSPS) is 18.1. The van der Waals surface area contributed by atoms with E-state index in [1.54, 1.807) is 11.3 Å². The smallest absolute Gasteiger partial charge is 0.239 e. The summed E-state index contributed by atoms with van der Waals surface area (Å²) in [5, 5.41) is 1.21. The van der Waals surface area contributed by atoms with E-state index in [0.717, 1.165) is 31.4 Å². The van der Waals surface area contributed by atoms with Crippen LogP contribution in [0.15, 0.2) is 24.3 Å². The quantitative estimate of drug-likeness (QED) is 0.947. The Kier molecular flexibility index (Phi) is 4.45. The van der Waals surface area contributed by atoms with Crippen molar-refractivity contribution in [2.75, 3.05) is 13.1 Å². The van der Waals surface area contributed by atoms with E-state index in [1.165, 1.54) is 9.71 Å². The van der Waals surface area contributed by atoms with Crippen molar-refractivity contribution < 1.29 is 4.79 Å². The fourth-order valence-corrected chi connectivity index (χ4v) is 4.04. The molecule has 1 fully saturated rings. The number of nitrogens with two attached hydrogens (primary N) is 1. The molecule has 22 heavy (non-hydrogen) atoms. The molecule has 2 heterocycles. The van der Waals surface area contributed by atoms with Gasteiger partial charge < -0.3 is 10.6 Å². The van der Waals surface area contributed by atoms with E-state index in [1.807, 2.05) is 24.8 Å². The Hall–Kier alpha value is -1.46. The lowest BCUT2D eigenvalue weighted by molar-refractivity contribution is -0.134. The Bertz CT molecular complexity index is 626. The van der Waals surface area contributed by atoms with Crippen molar-refractivity contribution in [1.82, 2.24) is 9.88 Å². The molecule has 2 aromatic rings. The number of amides is 1. The van der Waals surface area contributed by atoms with Crippen LogP contribution in [0.1, 0.15) is 37.6 Å². The number of carbonyl (C=O) groups excluding carboxylic acids is 1. The first-order valence-corrected chi connectivity index (χ1v) is 8.77. The van der Waals surface area contributed by atoms with Gasteiger partial charge in [-0.1, -0.05) is 26.0 Å². The number of hydrogen-bond donors (Lipinski definition) is 1. The van der Waals surface area contributed by atoms with Crippen molar-refractivity contribution in [3.8, 4) is 0 Å². The third kappa shape index (κ3) is 3.01. The lowest BCUT2D eigenvalue weighted by Crippen LogP contribution is -2.49.